The summed E-state index contributed by atoms with van der Waals surface area (Å²) in [7, 11) is 0. The number of hydrogen-bond donors (Lipinski definition) is 0. The molecule has 0 saturated heterocycles. The zero-order chi connectivity index (χ0) is 47.0. The Morgan fingerprint density at radius 1 is 0.543 bits per heavy atom. The van der Waals surface area contributed by atoms with Crippen molar-refractivity contribution in [1.29, 1.82) is 0 Å². The van der Waals surface area contributed by atoms with Crippen LogP contribution in [-0.2, 0) is 6.42 Å². The van der Waals surface area contributed by atoms with Crippen LogP contribution in [0.2, 0.25) is 0 Å². The van der Waals surface area contributed by atoms with Gasteiger partial charge < -0.3 is 18.9 Å². The molecule has 0 spiro atoms. The number of rotatable bonds is 7. The standard InChI is InChI=1S/C66H52N4/c1-5-22-45(7-3)67-57(8-4)53(23-6-2)65-63(49-26-12-17-31-58(49)67)51-28-14-19-33-60(51)69(65)47-38-36-43-40-44-37-39-48(42-56(44)55(43)41-47)70-61-34-20-15-29-52(61)64-50-27-13-18-32-59(50)68(46-24-10-9-11-25-46)62-35-21-16-30-54(62)66(64)70/h5-8,10,12-39,41-42H,4,9,11,40H2,1-3H3/b22-5-,23-6-,45-7+. The maximum atomic E-state index is 4.49. The van der Waals surface area contributed by atoms with Crippen LogP contribution in [0.25, 0.3) is 83.4 Å². The SMILES string of the molecule is C=CC1=C(/C=C\C)c2c(c3ccccc3n2-c2ccc3c(c2)-c2cc(-n4c5c(c6ccccc64)-c4ccccc4N(C4=CCCC=C4)c4ccccc4-5)ccc2C3)-c2ccccc2N1C(/C=C\C)=C/C. The number of allylic oxidation sites excluding steroid dienone is 10. The van der Waals surface area contributed by atoms with E-state index in [1.807, 2.05) is 6.08 Å². The largest absolute Gasteiger partial charge is 0.310 e. The van der Waals surface area contributed by atoms with Crippen LogP contribution < -0.4 is 9.80 Å². The van der Waals surface area contributed by atoms with Gasteiger partial charge in [0.1, 0.15) is 0 Å². The van der Waals surface area contributed by atoms with Crippen LogP contribution in [0, 0.1) is 0 Å². The van der Waals surface area contributed by atoms with E-state index in [0.29, 0.717) is 0 Å². The third-order valence-electron chi connectivity index (χ3n) is 14.8. The molecule has 2 aliphatic carbocycles. The first-order chi connectivity index (χ1) is 34.6. The van der Waals surface area contributed by atoms with Gasteiger partial charge in [-0.05, 0) is 135 Å². The number of fused-ring (bicyclic) bond motifs is 15. The molecule has 2 aromatic heterocycles. The number of nitrogens with zero attached hydrogens (tertiary/aromatic N) is 4. The highest BCUT2D eigenvalue weighted by atomic mass is 15.2. The molecule has 70 heavy (non-hydrogen) atoms. The molecule has 4 heterocycles. The molecular formula is C66H52N4. The fourth-order valence-electron chi connectivity index (χ4n) is 11.9. The molecule has 336 valence electrons. The average molecular weight is 901 g/mol. The second-order valence-corrected chi connectivity index (χ2v) is 18.6. The smallest absolute Gasteiger partial charge is 0.0641 e. The Morgan fingerprint density at radius 3 is 1.70 bits per heavy atom. The van der Waals surface area contributed by atoms with Crippen molar-refractivity contribution in [3.63, 3.8) is 0 Å². The fourth-order valence-corrected chi connectivity index (χ4v) is 11.9. The molecule has 0 saturated carbocycles. The Kier molecular flexibility index (Phi) is 9.84. The summed E-state index contributed by atoms with van der Waals surface area (Å²) < 4.78 is 5.05. The highest BCUT2D eigenvalue weighted by Crippen LogP contribution is 2.55. The van der Waals surface area contributed by atoms with Crippen LogP contribution >= 0.6 is 0 Å². The van der Waals surface area contributed by atoms with Gasteiger partial charge >= 0.3 is 0 Å². The molecule has 13 rings (SSSR count). The first-order valence-electron chi connectivity index (χ1n) is 24.7. The van der Waals surface area contributed by atoms with Crippen molar-refractivity contribution in [2.24, 2.45) is 0 Å². The van der Waals surface area contributed by atoms with E-state index in [-0.39, 0.29) is 0 Å². The molecule has 9 aromatic rings. The van der Waals surface area contributed by atoms with Crippen LogP contribution in [0.15, 0.2) is 236 Å². The second kappa shape index (κ2) is 16.6. The van der Waals surface area contributed by atoms with Crippen molar-refractivity contribution in [2.45, 2.75) is 40.0 Å². The lowest BCUT2D eigenvalue weighted by Gasteiger charge is -2.29. The number of para-hydroxylation sites is 5. The Hall–Kier alpha value is -8.60. The van der Waals surface area contributed by atoms with Crippen molar-refractivity contribution < 1.29 is 0 Å². The molecule has 0 atom stereocenters. The maximum absolute atomic E-state index is 4.49. The molecule has 4 heteroatoms. The summed E-state index contributed by atoms with van der Waals surface area (Å²) in [6.45, 7) is 10.8. The van der Waals surface area contributed by atoms with E-state index in [1.54, 1.807) is 0 Å². The van der Waals surface area contributed by atoms with E-state index in [1.165, 1.54) is 94.6 Å². The van der Waals surface area contributed by atoms with E-state index in [4.69, 9.17) is 0 Å². The van der Waals surface area contributed by atoms with Gasteiger partial charge in [0.25, 0.3) is 0 Å². The molecule has 0 N–H and O–H groups in total. The van der Waals surface area contributed by atoms with Gasteiger partial charge in [-0.25, -0.2) is 0 Å². The maximum Gasteiger partial charge on any atom is 0.0641 e. The minimum Gasteiger partial charge on any atom is -0.310 e. The summed E-state index contributed by atoms with van der Waals surface area (Å²) in [6.07, 6.45) is 22.9. The van der Waals surface area contributed by atoms with Crippen LogP contribution in [0.1, 0.15) is 50.4 Å². The zero-order valence-electron chi connectivity index (χ0n) is 39.8. The zero-order valence-corrected chi connectivity index (χ0v) is 39.8. The van der Waals surface area contributed by atoms with Crippen LogP contribution in [0.3, 0.4) is 0 Å². The fraction of sp³-hybridized carbons (Fsp3) is 0.0909. The van der Waals surface area contributed by atoms with Crippen LogP contribution in [0.5, 0.6) is 0 Å². The minimum absolute atomic E-state index is 0.887. The topological polar surface area (TPSA) is 16.3 Å². The van der Waals surface area contributed by atoms with Crippen molar-refractivity contribution in [3.05, 3.63) is 253 Å². The van der Waals surface area contributed by atoms with Gasteiger partial charge in [0.05, 0.1) is 45.2 Å². The molecule has 0 unspecified atom stereocenters. The number of benzene rings is 7. The average Bonchev–Trinajstić information content (AvgIpc) is 4.02. The van der Waals surface area contributed by atoms with Gasteiger partial charge in [-0.1, -0.05) is 146 Å². The minimum atomic E-state index is 0.887. The molecule has 0 radical (unpaired) electrons. The van der Waals surface area contributed by atoms with Crippen LogP contribution in [-0.4, -0.2) is 9.13 Å². The summed E-state index contributed by atoms with van der Waals surface area (Å²) in [6, 6.07) is 59.1. The molecule has 0 amide bonds. The quantitative estimate of drug-likeness (QED) is 0.148. The summed E-state index contributed by atoms with van der Waals surface area (Å²) in [5, 5.41) is 2.46. The molecule has 0 bridgehead atoms. The lowest BCUT2D eigenvalue weighted by molar-refractivity contribution is 0.998. The summed E-state index contributed by atoms with van der Waals surface area (Å²) in [5.41, 5.74) is 26.3. The summed E-state index contributed by atoms with van der Waals surface area (Å²) >= 11 is 0. The van der Waals surface area contributed by atoms with Gasteiger partial charge in [0, 0.05) is 66.9 Å². The third-order valence-corrected chi connectivity index (χ3v) is 14.8. The molecule has 4 aliphatic rings. The normalized spacial score (nSPS) is 14.8. The van der Waals surface area contributed by atoms with Gasteiger partial charge in [0.2, 0.25) is 0 Å². The number of anilines is 3. The highest BCUT2D eigenvalue weighted by molar-refractivity contribution is 6.13. The Bertz CT molecular complexity index is 3870. The lowest BCUT2D eigenvalue weighted by Crippen LogP contribution is -2.21. The van der Waals surface area contributed by atoms with Gasteiger partial charge in [-0.3, -0.25) is 0 Å². The van der Waals surface area contributed by atoms with E-state index >= 15 is 0 Å². The van der Waals surface area contributed by atoms with Crippen molar-refractivity contribution >= 4 is 44.4 Å². The van der Waals surface area contributed by atoms with Gasteiger partial charge in [-0.15, -0.1) is 0 Å². The molecule has 4 nitrogen and oxygen atoms in total. The molecule has 2 aliphatic heterocycles. The van der Waals surface area contributed by atoms with Crippen LogP contribution in [0.4, 0.5) is 17.1 Å². The first kappa shape index (κ1) is 41.6. The second-order valence-electron chi connectivity index (χ2n) is 18.6. The first-order valence-corrected chi connectivity index (χ1v) is 24.7. The number of hydrogen-bond acceptors (Lipinski definition) is 2. The highest BCUT2D eigenvalue weighted by Gasteiger charge is 2.34. The van der Waals surface area contributed by atoms with Crippen molar-refractivity contribution in [3.8, 4) is 56.0 Å². The Balaban J connectivity index is 1.04. The van der Waals surface area contributed by atoms with Gasteiger partial charge in [-0.2, -0.15) is 0 Å². The van der Waals surface area contributed by atoms with Crippen molar-refractivity contribution in [2.75, 3.05) is 9.80 Å². The van der Waals surface area contributed by atoms with Gasteiger partial charge in [0.15, 0.2) is 0 Å². The Labute approximate surface area is 410 Å². The van der Waals surface area contributed by atoms with E-state index < -0.39 is 0 Å². The monoisotopic (exact) mass is 900 g/mol. The molecule has 7 aromatic carbocycles. The number of aromatic nitrogens is 2. The van der Waals surface area contributed by atoms with E-state index in [9.17, 15) is 0 Å². The van der Waals surface area contributed by atoms with Crippen molar-refractivity contribution in [1.82, 2.24) is 9.13 Å². The lowest BCUT2D eigenvalue weighted by atomic mass is 9.97. The van der Waals surface area contributed by atoms with E-state index in [2.05, 4.69) is 253 Å². The van der Waals surface area contributed by atoms with E-state index in [0.717, 1.165) is 59.0 Å². The predicted molar refractivity (Wildman–Crippen MR) is 296 cm³/mol. The predicted octanol–water partition coefficient (Wildman–Crippen LogP) is 17.6. The summed E-state index contributed by atoms with van der Waals surface area (Å²) in [4.78, 5) is 4.86. The third kappa shape index (κ3) is 6.09. The molecular weight excluding hydrogens is 849 g/mol. The Morgan fingerprint density at radius 2 is 1.10 bits per heavy atom. The molecule has 0 fully saturated rings. The summed E-state index contributed by atoms with van der Waals surface area (Å²) in [5.74, 6) is 0.